The molecule has 1 atom stereocenters. The van der Waals surface area contributed by atoms with Gasteiger partial charge in [-0.1, -0.05) is 31.2 Å². The quantitative estimate of drug-likeness (QED) is 0.605. The van der Waals surface area contributed by atoms with E-state index < -0.39 is 11.7 Å². The van der Waals surface area contributed by atoms with E-state index in [1.54, 1.807) is 24.3 Å². The molecule has 1 aliphatic heterocycles. The molecule has 2 aromatic carbocycles. The Bertz CT molecular complexity index is 1040. The highest BCUT2D eigenvalue weighted by Gasteiger charge is 2.30. The van der Waals surface area contributed by atoms with Crippen LogP contribution >= 0.6 is 0 Å². The predicted octanol–water partition coefficient (Wildman–Crippen LogP) is 5.63. The number of carbonyl (C=O) groups is 1. The van der Waals surface area contributed by atoms with Crippen LogP contribution in [0, 0.1) is 5.92 Å². The number of aromatic amines is 1. The Morgan fingerprint density at radius 3 is 2.57 bits per heavy atom. The highest BCUT2D eigenvalue weighted by atomic mass is 19.4. The van der Waals surface area contributed by atoms with Gasteiger partial charge in [0.05, 0.1) is 17.0 Å². The summed E-state index contributed by atoms with van der Waals surface area (Å²) in [5.41, 5.74) is 2.22. The number of H-pyrrole nitrogens is 1. The smallest absolute Gasteiger partial charge is 0.338 e. The molecule has 0 unspecified atom stereocenters. The van der Waals surface area contributed by atoms with Gasteiger partial charge in [0, 0.05) is 24.2 Å². The third-order valence-electron chi connectivity index (χ3n) is 5.45. The molecule has 1 aliphatic rings. The van der Waals surface area contributed by atoms with E-state index in [4.69, 9.17) is 0 Å². The fourth-order valence-electron chi connectivity index (χ4n) is 3.82. The van der Waals surface area contributed by atoms with E-state index in [1.165, 1.54) is 6.07 Å². The van der Waals surface area contributed by atoms with Gasteiger partial charge in [0.25, 0.3) is 5.91 Å². The van der Waals surface area contributed by atoms with E-state index >= 15 is 0 Å². The summed E-state index contributed by atoms with van der Waals surface area (Å²) >= 11 is 0. The van der Waals surface area contributed by atoms with E-state index in [-0.39, 0.29) is 5.91 Å². The van der Waals surface area contributed by atoms with Crippen molar-refractivity contribution >= 4 is 5.91 Å². The number of alkyl halides is 3. The molecule has 4 rings (SSSR count). The van der Waals surface area contributed by atoms with Crippen LogP contribution in [0.4, 0.5) is 13.2 Å². The van der Waals surface area contributed by atoms with Gasteiger partial charge in [-0.25, -0.2) is 0 Å². The zero-order valence-corrected chi connectivity index (χ0v) is 16.5. The number of nitrogens with one attached hydrogen (secondary N) is 1. The van der Waals surface area contributed by atoms with Gasteiger partial charge in [-0.2, -0.15) is 18.3 Å². The molecule has 0 aliphatic carbocycles. The molecular formula is C23H22F3N3O. The minimum atomic E-state index is -4.40. The average Bonchev–Trinajstić information content (AvgIpc) is 3.23. The summed E-state index contributed by atoms with van der Waals surface area (Å²) in [7, 11) is 0. The fourth-order valence-corrected chi connectivity index (χ4v) is 3.82. The number of amides is 1. The second kappa shape index (κ2) is 7.97. The van der Waals surface area contributed by atoms with Gasteiger partial charge in [-0.05, 0) is 54.7 Å². The molecule has 2 heterocycles. The van der Waals surface area contributed by atoms with Gasteiger partial charge < -0.3 is 4.90 Å². The SMILES string of the molecule is C[C@@H]1CCCN(C(=O)c2ccc(-c3cc(-c4cccc(C(F)(F)F)c4)n[nH]3)cc2)C1. The van der Waals surface area contributed by atoms with Crippen molar-refractivity contribution in [2.75, 3.05) is 13.1 Å². The van der Waals surface area contributed by atoms with Crippen molar-refractivity contribution < 1.29 is 18.0 Å². The summed E-state index contributed by atoms with van der Waals surface area (Å²) in [6.45, 7) is 3.72. The second-order valence-electron chi connectivity index (χ2n) is 7.82. The van der Waals surface area contributed by atoms with Gasteiger partial charge in [0.15, 0.2) is 0 Å². The zero-order valence-electron chi connectivity index (χ0n) is 16.5. The van der Waals surface area contributed by atoms with Gasteiger partial charge in [0.1, 0.15) is 0 Å². The van der Waals surface area contributed by atoms with Crippen molar-refractivity contribution in [3.63, 3.8) is 0 Å². The number of aromatic nitrogens is 2. The van der Waals surface area contributed by atoms with Crippen molar-refractivity contribution in [3.8, 4) is 22.5 Å². The average molecular weight is 413 g/mol. The van der Waals surface area contributed by atoms with Crippen LogP contribution in [0.15, 0.2) is 54.6 Å². The molecule has 0 saturated carbocycles. The van der Waals surface area contributed by atoms with E-state index in [9.17, 15) is 18.0 Å². The predicted molar refractivity (Wildman–Crippen MR) is 109 cm³/mol. The third-order valence-corrected chi connectivity index (χ3v) is 5.45. The van der Waals surface area contributed by atoms with Crippen LogP contribution in [0.1, 0.15) is 35.7 Å². The normalized spacial score (nSPS) is 17.2. The molecule has 0 radical (unpaired) electrons. The Hall–Kier alpha value is -3.09. The van der Waals surface area contributed by atoms with Crippen LogP contribution in [0.3, 0.4) is 0 Å². The van der Waals surface area contributed by atoms with Crippen LogP contribution in [-0.2, 0) is 6.18 Å². The molecule has 156 valence electrons. The summed E-state index contributed by atoms with van der Waals surface area (Å²) in [4.78, 5) is 14.6. The molecule has 1 saturated heterocycles. The molecule has 1 amide bonds. The first kappa shape index (κ1) is 20.2. The number of halogens is 3. The topological polar surface area (TPSA) is 49.0 Å². The lowest BCUT2D eigenvalue weighted by molar-refractivity contribution is -0.137. The number of piperidine rings is 1. The Labute approximate surface area is 172 Å². The van der Waals surface area contributed by atoms with Crippen LogP contribution in [0.25, 0.3) is 22.5 Å². The van der Waals surface area contributed by atoms with Crippen molar-refractivity contribution in [1.82, 2.24) is 15.1 Å². The maximum atomic E-state index is 13.0. The molecule has 0 bridgehead atoms. The van der Waals surface area contributed by atoms with Crippen LogP contribution < -0.4 is 0 Å². The maximum absolute atomic E-state index is 13.0. The first-order valence-corrected chi connectivity index (χ1v) is 9.94. The first-order valence-electron chi connectivity index (χ1n) is 9.94. The Balaban J connectivity index is 1.52. The number of nitrogens with zero attached hydrogens (tertiary/aromatic N) is 2. The van der Waals surface area contributed by atoms with Crippen LogP contribution in [-0.4, -0.2) is 34.1 Å². The van der Waals surface area contributed by atoms with Crippen molar-refractivity contribution in [2.45, 2.75) is 25.9 Å². The number of hydrogen-bond donors (Lipinski definition) is 1. The summed E-state index contributed by atoms with van der Waals surface area (Å²) < 4.78 is 38.9. The third kappa shape index (κ3) is 4.25. The van der Waals surface area contributed by atoms with Crippen molar-refractivity contribution in [2.24, 2.45) is 5.92 Å². The summed E-state index contributed by atoms with van der Waals surface area (Å²) in [5, 5.41) is 7.03. The molecule has 7 heteroatoms. The molecule has 4 nitrogen and oxygen atoms in total. The lowest BCUT2D eigenvalue weighted by Gasteiger charge is -2.31. The second-order valence-corrected chi connectivity index (χ2v) is 7.82. The van der Waals surface area contributed by atoms with Gasteiger partial charge in [0.2, 0.25) is 0 Å². The molecule has 1 fully saturated rings. The zero-order chi connectivity index (χ0) is 21.3. The standard InChI is InChI=1S/C23H22F3N3O/c1-15-4-3-11-29(14-15)22(30)17-9-7-16(8-10-17)20-13-21(28-27-20)18-5-2-6-19(12-18)23(24,25)26/h2,5-10,12-13,15H,3-4,11,14H2,1H3,(H,27,28)/t15-/m1/s1. The van der Waals surface area contributed by atoms with Crippen molar-refractivity contribution in [1.29, 1.82) is 0 Å². The Morgan fingerprint density at radius 2 is 1.87 bits per heavy atom. The van der Waals surface area contributed by atoms with E-state index in [2.05, 4.69) is 17.1 Å². The highest BCUT2D eigenvalue weighted by molar-refractivity contribution is 5.94. The Morgan fingerprint density at radius 1 is 1.10 bits per heavy atom. The lowest BCUT2D eigenvalue weighted by atomic mass is 9.99. The number of rotatable bonds is 3. The summed E-state index contributed by atoms with van der Waals surface area (Å²) in [6, 6.07) is 14.0. The fraction of sp³-hybridized carbons (Fsp3) is 0.304. The summed E-state index contributed by atoms with van der Waals surface area (Å²) in [5.74, 6) is 0.545. The molecule has 3 aromatic rings. The van der Waals surface area contributed by atoms with E-state index in [1.807, 2.05) is 17.0 Å². The monoisotopic (exact) mass is 413 g/mol. The summed E-state index contributed by atoms with van der Waals surface area (Å²) in [6.07, 6.45) is -2.22. The van der Waals surface area contributed by atoms with Gasteiger partial charge in [-0.15, -0.1) is 0 Å². The van der Waals surface area contributed by atoms with E-state index in [0.29, 0.717) is 28.4 Å². The lowest BCUT2D eigenvalue weighted by Crippen LogP contribution is -2.39. The molecule has 1 N–H and O–H groups in total. The van der Waals surface area contributed by atoms with Gasteiger partial charge >= 0.3 is 6.18 Å². The molecular weight excluding hydrogens is 391 g/mol. The van der Waals surface area contributed by atoms with Crippen molar-refractivity contribution in [3.05, 3.63) is 65.7 Å². The highest BCUT2D eigenvalue weighted by Crippen LogP contribution is 2.32. The molecule has 1 aromatic heterocycles. The first-order chi connectivity index (χ1) is 14.3. The van der Waals surface area contributed by atoms with Crippen LogP contribution in [0.5, 0.6) is 0 Å². The largest absolute Gasteiger partial charge is 0.416 e. The number of benzene rings is 2. The number of hydrogen-bond acceptors (Lipinski definition) is 2. The van der Waals surface area contributed by atoms with E-state index in [0.717, 1.165) is 43.6 Å². The maximum Gasteiger partial charge on any atom is 0.416 e. The Kier molecular flexibility index (Phi) is 5.37. The number of likely N-dealkylation sites (tertiary alicyclic amines) is 1. The minimum Gasteiger partial charge on any atom is -0.338 e. The molecule has 30 heavy (non-hydrogen) atoms. The van der Waals surface area contributed by atoms with Gasteiger partial charge in [-0.3, -0.25) is 9.89 Å². The van der Waals surface area contributed by atoms with Crippen LogP contribution in [0.2, 0.25) is 0 Å². The molecule has 0 spiro atoms. The number of carbonyl (C=O) groups excluding carboxylic acids is 1. The minimum absolute atomic E-state index is 0.0300.